The van der Waals surface area contributed by atoms with Crippen molar-refractivity contribution in [2.24, 2.45) is 0 Å². The summed E-state index contributed by atoms with van der Waals surface area (Å²) in [6.45, 7) is 0. The molecule has 0 aromatic carbocycles. The monoisotopic (exact) mass is 471 g/mol. The molecule has 2 aromatic rings. The normalized spacial score (nSPS) is 21.0. The van der Waals surface area contributed by atoms with E-state index >= 15 is 0 Å². The minimum absolute atomic E-state index is 0.00390. The molecule has 29 heavy (non-hydrogen) atoms. The van der Waals surface area contributed by atoms with Crippen molar-refractivity contribution < 1.29 is 19.5 Å². The molecule has 15 heteroatoms. The van der Waals surface area contributed by atoms with Crippen molar-refractivity contribution in [3.63, 3.8) is 0 Å². The van der Waals surface area contributed by atoms with Crippen LogP contribution in [0.3, 0.4) is 0 Å². The Balaban J connectivity index is 1.47. The van der Waals surface area contributed by atoms with Gasteiger partial charge < -0.3 is 21.9 Å². The highest BCUT2D eigenvalue weighted by Crippen LogP contribution is 2.45. The van der Waals surface area contributed by atoms with E-state index in [9.17, 15) is 19.5 Å². The molecule has 1 fully saturated rings. The smallest absolute Gasteiger partial charge is 0.353 e. The highest BCUT2D eigenvalue weighted by atomic mass is 32.2. The Kier molecular flexibility index (Phi) is 5.37. The molecule has 1 saturated heterocycles. The summed E-state index contributed by atoms with van der Waals surface area (Å²) in [7, 11) is 0. The quantitative estimate of drug-likeness (QED) is 0.423. The van der Waals surface area contributed by atoms with E-state index in [1.54, 1.807) is 5.38 Å². The van der Waals surface area contributed by atoms with Crippen LogP contribution in [0.25, 0.3) is 0 Å². The standard InChI is InChI=1S/C14H13N7O4S4/c15-12-17-4(2-27-12)1-6(22)18-7-9(23)21-8(11(24)25)5(3-26-10(7)21)28-14-20-19-13(16)29-14/h2,7,10H,1,3H2,(H2,15,17)(H2,16,19)(H,18,22)(H,24,25)/t7-,10?/m1/s1. The van der Waals surface area contributed by atoms with Crippen molar-refractivity contribution in [3.8, 4) is 0 Å². The third kappa shape index (κ3) is 3.90. The number of nitrogens with one attached hydrogen (secondary N) is 1. The van der Waals surface area contributed by atoms with Gasteiger partial charge in [0.25, 0.3) is 5.91 Å². The topological polar surface area (TPSA) is 177 Å². The molecule has 0 radical (unpaired) electrons. The first-order valence-corrected chi connectivity index (χ1v) is 11.6. The van der Waals surface area contributed by atoms with Crippen LogP contribution >= 0.6 is 46.2 Å². The Morgan fingerprint density at radius 1 is 1.34 bits per heavy atom. The number of aromatic nitrogens is 3. The fourth-order valence-corrected chi connectivity index (χ4v) is 6.67. The second kappa shape index (κ2) is 7.81. The second-order valence-corrected chi connectivity index (χ2v) is 10.2. The van der Waals surface area contributed by atoms with E-state index in [0.717, 1.165) is 23.1 Å². The highest BCUT2D eigenvalue weighted by Gasteiger charge is 2.54. The van der Waals surface area contributed by atoms with E-state index in [1.807, 2.05) is 0 Å². The number of β-lactam (4-membered cyclic amide) rings is 1. The largest absolute Gasteiger partial charge is 0.477 e. The maximum absolute atomic E-state index is 12.6. The van der Waals surface area contributed by atoms with Crippen LogP contribution < -0.4 is 16.8 Å². The molecule has 0 spiro atoms. The first kappa shape index (κ1) is 19.9. The number of anilines is 2. The summed E-state index contributed by atoms with van der Waals surface area (Å²) in [4.78, 5) is 42.4. The number of carboxylic acid groups (broad SMARTS) is 1. The van der Waals surface area contributed by atoms with Gasteiger partial charge in [0.15, 0.2) is 9.47 Å². The van der Waals surface area contributed by atoms with Gasteiger partial charge in [-0.15, -0.1) is 33.3 Å². The zero-order valence-electron chi connectivity index (χ0n) is 14.4. The van der Waals surface area contributed by atoms with E-state index < -0.39 is 23.3 Å². The van der Waals surface area contributed by atoms with Crippen LogP contribution in [0.5, 0.6) is 0 Å². The fraction of sp³-hybridized carbons (Fsp3) is 0.286. The lowest BCUT2D eigenvalue weighted by atomic mass is 10.0. The number of thioether (sulfide) groups is 2. The lowest BCUT2D eigenvalue weighted by Gasteiger charge is -2.49. The third-order valence-corrected chi connectivity index (χ3v) is 8.07. The predicted octanol–water partition coefficient (Wildman–Crippen LogP) is 0.190. The number of carbonyl (C=O) groups is 3. The number of nitrogens with two attached hydrogens (primary N) is 2. The second-order valence-electron chi connectivity index (χ2n) is 5.89. The molecule has 0 aliphatic carbocycles. The van der Waals surface area contributed by atoms with Crippen LogP contribution in [0, 0.1) is 0 Å². The molecule has 6 N–H and O–H groups in total. The summed E-state index contributed by atoms with van der Waals surface area (Å²) in [6.07, 6.45) is -0.00390. The number of thiazole rings is 1. The molecular weight excluding hydrogens is 458 g/mol. The van der Waals surface area contributed by atoms with E-state index in [1.165, 1.54) is 28.0 Å². The Morgan fingerprint density at radius 3 is 2.76 bits per heavy atom. The van der Waals surface area contributed by atoms with Gasteiger partial charge in [-0.3, -0.25) is 14.5 Å². The van der Waals surface area contributed by atoms with Gasteiger partial charge >= 0.3 is 5.97 Å². The fourth-order valence-electron chi connectivity index (χ4n) is 2.83. The van der Waals surface area contributed by atoms with Crippen LogP contribution in [-0.2, 0) is 20.8 Å². The van der Waals surface area contributed by atoms with Crippen molar-refractivity contribution in [2.75, 3.05) is 17.2 Å². The minimum Gasteiger partial charge on any atom is -0.477 e. The molecular formula is C14H13N7O4S4. The summed E-state index contributed by atoms with van der Waals surface area (Å²) in [5.41, 5.74) is 11.5. The first-order chi connectivity index (χ1) is 13.8. The number of rotatable bonds is 6. The number of amides is 2. The molecule has 2 aliphatic rings. The summed E-state index contributed by atoms with van der Waals surface area (Å²) in [6, 6.07) is -0.790. The Bertz CT molecular complexity index is 1030. The number of carboxylic acids is 1. The summed E-state index contributed by atoms with van der Waals surface area (Å²) in [5, 5.41) is 21.7. The van der Waals surface area contributed by atoms with Crippen molar-refractivity contribution in [1.29, 1.82) is 0 Å². The number of aliphatic carboxylic acids is 1. The number of nitrogens with zero attached hydrogens (tertiary/aromatic N) is 4. The molecule has 2 aromatic heterocycles. The van der Waals surface area contributed by atoms with Gasteiger partial charge in [0.05, 0.1) is 12.1 Å². The number of fused-ring (bicyclic) bond motifs is 1. The lowest BCUT2D eigenvalue weighted by molar-refractivity contribution is -0.150. The molecule has 2 amide bonds. The SMILES string of the molecule is Nc1nc(CC(=O)N[C@@H]2C(=O)N3C(C(=O)O)=C(Sc4nnc(N)s4)CSC23)cs1. The van der Waals surface area contributed by atoms with Crippen LogP contribution in [0.1, 0.15) is 5.69 Å². The zero-order valence-corrected chi connectivity index (χ0v) is 17.7. The minimum atomic E-state index is -1.22. The van der Waals surface area contributed by atoms with Crippen molar-refractivity contribution in [1.82, 2.24) is 25.4 Å². The third-order valence-electron chi connectivity index (χ3n) is 4.00. The Labute approximate surface area is 179 Å². The molecule has 1 unspecified atom stereocenters. The first-order valence-electron chi connectivity index (χ1n) is 8.00. The van der Waals surface area contributed by atoms with Gasteiger partial charge in [0.2, 0.25) is 11.0 Å². The Morgan fingerprint density at radius 2 is 2.14 bits per heavy atom. The van der Waals surface area contributed by atoms with Crippen molar-refractivity contribution >= 4 is 74.2 Å². The van der Waals surface area contributed by atoms with Gasteiger partial charge in [-0.25, -0.2) is 9.78 Å². The molecule has 2 atom stereocenters. The maximum Gasteiger partial charge on any atom is 0.353 e. The maximum atomic E-state index is 12.6. The molecule has 4 rings (SSSR count). The Hall–Kier alpha value is -2.36. The van der Waals surface area contributed by atoms with Crippen molar-refractivity contribution in [2.45, 2.75) is 22.2 Å². The molecule has 0 bridgehead atoms. The van der Waals surface area contributed by atoms with Gasteiger partial charge in [-0.2, -0.15) is 0 Å². The molecule has 0 saturated carbocycles. The van der Waals surface area contributed by atoms with Crippen LogP contribution in [0.15, 0.2) is 20.3 Å². The van der Waals surface area contributed by atoms with Gasteiger partial charge in [0, 0.05) is 16.0 Å². The van der Waals surface area contributed by atoms with Gasteiger partial charge in [-0.05, 0) is 0 Å². The van der Waals surface area contributed by atoms with Crippen LogP contribution in [0.2, 0.25) is 0 Å². The van der Waals surface area contributed by atoms with E-state index in [-0.39, 0.29) is 23.2 Å². The van der Waals surface area contributed by atoms with Crippen molar-refractivity contribution in [3.05, 3.63) is 21.7 Å². The van der Waals surface area contributed by atoms with E-state index in [4.69, 9.17) is 11.5 Å². The zero-order chi connectivity index (χ0) is 20.7. The molecule has 152 valence electrons. The number of carbonyl (C=O) groups excluding carboxylic acids is 2. The predicted molar refractivity (Wildman–Crippen MR) is 110 cm³/mol. The average molecular weight is 472 g/mol. The summed E-state index contributed by atoms with van der Waals surface area (Å²) >= 11 is 4.86. The average Bonchev–Trinajstić information content (AvgIpc) is 3.26. The number of nitrogen functional groups attached to an aromatic ring is 2. The summed E-state index contributed by atoms with van der Waals surface area (Å²) in [5.74, 6) is -1.71. The highest BCUT2D eigenvalue weighted by molar-refractivity contribution is 8.07. The molecule has 4 heterocycles. The number of hydrogen-bond donors (Lipinski definition) is 4. The van der Waals surface area contributed by atoms with E-state index in [2.05, 4.69) is 20.5 Å². The lowest BCUT2D eigenvalue weighted by Crippen LogP contribution is -2.70. The van der Waals surface area contributed by atoms with Crippen LogP contribution in [-0.4, -0.2) is 60.1 Å². The summed E-state index contributed by atoms with van der Waals surface area (Å²) < 4.78 is 0.496. The van der Waals surface area contributed by atoms with Crippen LogP contribution in [0.4, 0.5) is 10.3 Å². The van der Waals surface area contributed by atoms with E-state index in [0.29, 0.717) is 25.8 Å². The molecule has 11 nitrogen and oxygen atoms in total. The van der Waals surface area contributed by atoms with Gasteiger partial charge in [0.1, 0.15) is 17.1 Å². The number of hydrogen-bond acceptors (Lipinski definition) is 12. The van der Waals surface area contributed by atoms with Gasteiger partial charge in [-0.1, -0.05) is 23.1 Å². The molecule has 2 aliphatic heterocycles.